The maximum atomic E-state index is 10.7. The third kappa shape index (κ3) is 4.21. The third-order valence-corrected chi connectivity index (χ3v) is 4.37. The highest BCUT2D eigenvalue weighted by Gasteiger charge is 2.16. The molecule has 2 rings (SSSR count). The number of hydrogen-bond donors (Lipinski definition) is 1. The summed E-state index contributed by atoms with van der Waals surface area (Å²) in [5, 5.41) is 17.9. The molecule has 0 aliphatic carbocycles. The van der Waals surface area contributed by atoms with E-state index < -0.39 is 5.97 Å². The van der Waals surface area contributed by atoms with E-state index in [2.05, 4.69) is 26.6 Å². The summed E-state index contributed by atoms with van der Waals surface area (Å²) in [5.41, 5.74) is 0. The average Bonchev–Trinajstić information content (AvgIpc) is 3.04. The zero-order chi connectivity index (χ0) is 14.4. The number of likely N-dealkylation sites (tertiary alicyclic amines) is 1. The van der Waals surface area contributed by atoms with Crippen molar-refractivity contribution in [1.82, 2.24) is 19.7 Å². The van der Waals surface area contributed by atoms with Gasteiger partial charge in [-0.15, -0.1) is 10.2 Å². The van der Waals surface area contributed by atoms with Gasteiger partial charge in [-0.05, 0) is 32.4 Å². The van der Waals surface area contributed by atoms with Gasteiger partial charge >= 0.3 is 5.97 Å². The summed E-state index contributed by atoms with van der Waals surface area (Å²) < 4.78 is 2.07. The van der Waals surface area contributed by atoms with Crippen molar-refractivity contribution in [3.05, 3.63) is 5.82 Å². The topological polar surface area (TPSA) is 71.2 Å². The monoisotopic (exact) mass is 298 g/mol. The van der Waals surface area contributed by atoms with Gasteiger partial charge in [-0.3, -0.25) is 4.79 Å². The van der Waals surface area contributed by atoms with E-state index in [1.807, 2.05) is 0 Å². The average molecular weight is 298 g/mol. The first-order valence-corrected chi connectivity index (χ1v) is 8.18. The van der Waals surface area contributed by atoms with Crippen LogP contribution in [0.1, 0.15) is 32.0 Å². The van der Waals surface area contributed by atoms with Gasteiger partial charge in [0.05, 0.1) is 5.75 Å². The highest BCUT2D eigenvalue weighted by Crippen LogP contribution is 2.18. The standard InChI is InChI=1S/C13H22N4O2S/c1-2-6-17-11(5-9-16-7-3-4-8-16)14-15-13(17)20-10-12(18)19/h2-10H2,1H3,(H,18,19). The van der Waals surface area contributed by atoms with E-state index >= 15 is 0 Å². The van der Waals surface area contributed by atoms with E-state index in [1.54, 1.807) is 0 Å². The van der Waals surface area contributed by atoms with E-state index in [-0.39, 0.29) is 5.75 Å². The summed E-state index contributed by atoms with van der Waals surface area (Å²) in [6.07, 6.45) is 4.47. The number of thioether (sulfide) groups is 1. The molecule has 0 amide bonds. The molecule has 0 aromatic carbocycles. The molecule has 1 saturated heterocycles. The van der Waals surface area contributed by atoms with Crippen LogP contribution in [0.4, 0.5) is 0 Å². The first kappa shape index (κ1) is 15.3. The Bertz CT molecular complexity index is 444. The molecule has 2 heterocycles. The first-order chi connectivity index (χ1) is 9.70. The quantitative estimate of drug-likeness (QED) is 0.733. The molecule has 112 valence electrons. The summed E-state index contributed by atoms with van der Waals surface area (Å²) in [6, 6.07) is 0. The van der Waals surface area contributed by atoms with E-state index in [0.717, 1.165) is 36.9 Å². The molecular formula is C13H22N4O2S. The molecule has 7 heteroatoms. The summed E-state index contributed by atoms with van der Waals surface area (Å²) in [7, 11) is 0. The Labute approximate surface area is 123 Å². The number of carboxylic acids is 1. The van der Waals surface area contributed by atoms with E-state index in [1.165, 1.54) is 37.7 Å². The molecule has 20 heavy (non-hydrogen) atoms. The van der Waals surface area contributed by atoms with Crippen LogP contribution in [-0.4, -0.2) is 56.1 Å². The molecule has 1 aliphatic heterocycles. The smallest absolute Gasteiger partial charge is 0.313 e. The van der Waals surface area contributed by atoms with Crippen LogP contribution < -0.4 is 0 Å². The second-order valence-electron chi connectivity index (χ2n) is 5.03. The van der Waals surface area contributed by atoms with Crippen molar-refractivity contribution in [2.45, 2.75) is 44.3 Å². The number of carbonyl (C=O) groups is 1. The Kier molecular flexibility index (Phi) is 5.85. The molecule has 1 aliphatic rings. The minimum atomic E-state index is -0.820. The lowest BCUT2D eigenvalue weighted by Crippen LogP contribution is -2.23. The van der Waals surface area contributed by atoms with Gasteiger partial charge in [-0.1, -0.05) is 18.7 Å². The van der Waals surface area contributed by atoms with Crippen LogP contribution in [0.2, 0.25) is 0 Å². The molecular weight excluding hydrogens is 276 g/mol. The number of nitrogens with zero attached hydrogens (tertiary/aromatic N) is 4. The zero-order valence-electron chi connectivity index (χ0n) is 11.9. The molecule has 1 aromatic heterocycles. The lowest BCUT2D eigenvalue weighted by atomic mass is 10.3. The highest BCUT2D eigenvalue weighted by molar-refractivity contribution is 7.99. The van der Waals surface area contributed by atoms with Gasteiger partial charge in [0.2, 0.25) is 0 Å². The molecule has 0 saturated carbocycles. The van der Waals surface area contributed by atoms with E-state index in [0.29, 0.717) is 0 Å². The largest absolute Gasteiger partial charge is 0.481 e. The molecule has 0 radical (unpaired) electrons. The van der Waals surface area contributed by atoms with Crippen LogP contribution in [-0.2, 0) is 17.8 Å². The number of aromatic nitrogens is 3. The summed E-state index contributed by atoms with van der Waals surface area (Å²) in [6.45, 7) is 6.34. The number of aliphatic carboxylic acids is 1. The molecule has 1 fully saturated rings. The molecule has 0 spiro atoms. The summed E-state index contributed by atoms with van der Waals surface area (Å²) >= 11 is 1.25. The zero-order valence-corrected chi connectivity index (χ0v) is 12.7. The van der Waals surface area contributed by atoms with Gasteiger partial charge in [-0.25, -0.2) is 0 Å². The fourth-order valence-corrected chi connectivity index (χ4v) is 3.15. The molecule has 0 bridgehead atoms. The van der Waals surface area contributed by atoms with Crippen LogP contribution in [0, 0.1) is 0 Å². The van der Waals surface area contributed by atoms with Crippen molar-refractivity contribution >= 4 is 17.7 Å². The first-order valence-electron chi connectivity index (χ1n) is 7.19. The molecule has 1 N–H and O–H groups in total. The van der Waals surface area contributed by atoms with E-state index in [4.69, 9.17) is 5.11 Å². The Morgan fingerprint density at radius 1 is 1.30 bits per heavy atom. The highest BCUT2D eigenvalue weighted by atomic mass is 32.2. The van der Waals surface area contributed by atoms with Gasteiger partial charge < -0.3 is 14.6 Å². The fourth-order valence-electron chi connectivity index (χ4n) is 2.45. The van der Waals surface area contributed by atoms with Gasteiger partial charge in [0, 0.05) is 19.5 Å². The molecule has 0 unspecified atom stereocenters. The second-order valence-corrected chi connectivity index (χ2v) is 5.97. The van der Waals surface area contributed by atoms with Crippen LogP contribution >= 0.6 is 11.8 Å². The summed E-state index contributed by atoms with van der Waals surface area (Å²) in [4.78, 5) is 13.1. The van der Waals surface area contributed by atoms with Gasteiger partial charge in [0.15, 0.2) is 5.16 Å². The van der Waals surface area contributed by atoms with Gasteiger partial charge in [-0.2, -0.15) is 0 Å². The lowest BCUT2D eigenvalue weighted by Gasteiger charge is -2.14. The van der Waals surface area contributed by atoms with Crippen molar-refractivity contribution in [2.75, 3.05) is 25.4 Å². The van der Waals surface area contributed by atoms with Crippen molar-refractivity contribution in [1.29, 1.82) is 0 Å². The predicted octanol–water partition coefficient (Wildman–Crippen LogP) is 1.50. The SMILES string of the molecule is CCCn1c(CCN2CCCC2)nnc1SCC(=O)O. The van der Waals surface area contributed by atoms with Gasteiger partial charge in [0.25, 0.3) is 0 Å². The normalized spacial score (nSPS) is 15.8. The molecule has 0 atom stereocenters. The van der Waals surface area contributed by atoms with Crippen LogP contribution in [0.5, 0.6) is 0 Å². The summed E-state index contributed by atoms with van der Waals surface area (Å²) in [5.74, 6) is 0.194. The van der Waals surface area contributed by atoms with Gasteiger partial charge in [0.1, 0.15) is 5.82 Å². The van der Waals surface area contributed by atoms with Crippen LogP contribution in [0.3, 0.4) is 0 Å². The van der Waals surface area contributed by atoms with E-state index in [9.17, 15) is 4.79 Å². The Hall–Kier alpha value is -1.08. The third-order valence-electron chi connectivity index (χ3n) is 3.42. The number of carboxylic acid groups (broad SMARTS) is 1. The second kappa shape index (κ2) is 7.64. The van der Waals surface area contributed by atoms with Crippen molar-refractivity contribution in [3.63, 3.8) is 0 Å². The number of hydrogen-bond acceptors (Lipinski definition) is 5. The van der Waals surface area contributed by atoms with Crippen LogP contribution in [0.15, 0.2) is 5.16 Å². The molecule has 6 nitrogen and oxygen atoms in total. The fraction of sp³-hybridized carbons (Fsp3) is 0.769. The molecule has 1 aromatic rings. The van der Waals surface area contributed by atoms with Crippen LogP contribution in [0.25, 0.3) is 0 Å². The lowest BCUT2D eigenvalue weighted by molar-refractivity contribution is -0.133. The minimum absolute atomic E-state index is 0.0357. The Morgan fingerprint density at radius 3 is 2.70 bits per heavy atom. The minimum Gasteiger partial charge on any atom is -0.481 e. The van der Waals surface area contributed by atoms with Crippen molar-refractivity contribution < 1.29 is 9.90 Å². The maximum Gasteiger partial charge on any atom is 0.313 e. The Balaban J connectivity index is 1.97. The predicted molar refractivity (Wildman–Crippen MR) is 78.1 cm³/mol. The van der Waals surface area contributed by atoms with Crippen molar-refractivity contribution in [3.8, 4) is 0 Å². The maximum absolute atomic E-state index is 10.7. The number of rotatable bonds is 8. The Morgan fingerprint density at radius 2 is 2.05 bits per heavy atom. The van der Waals surface area contributed by atoms with Crippen molar-refractivity contribution in [2.24, 2.45) is 0 Å².